The molecule has 0 N–H and O–H groups in total. The molecule has 82 valence electrons. The number of hydrogen-bond acceptors (Lipinski definition) is 2. The molecule has 0 bridgehead atoms. The molecule has 0 atom stereocenters. The summed E-state index contributed by atoms with van der Waals surface area (Å²) in [4.78, 5) is 3.99. The van der Waals surface area contributed by atoms with Crippen LogP contribution in [0.25, 0.3) is 16.8 Å². The van der Waals surface area contributed by atoms with Gasteiger partial charge >= 0.3 is 0 Å². The predicted octanol–water partition coefficient (Wildman–Crippen LogP) is 2.93. The van der Waals surface area contributed by atoms with Crippen molar-refractivity contribution in [2.75, 3.05) is 0 Å². The van der Waals surface area contributed by atoms with Crippen LogP contribution in [0.5, 0.6) is 0 Å². The van der Waals surface area contributed by atoms with Crippen LogP contribution in [0, 0.1) is 0 Å². The van der Waals surface area contributed by atoms with Gasteiger partial charge in [0.05, 0.1) is 11.9 Å². The maximum Gasteiger partial charge on any atom is 0.0676 e. The lowest BCUT2D eigenvalue weighted by Crippen LogP contribution is -1.93. The van der Waals surface area contributed by atoms with Crippen molar-refractivity contribution in [2.45, 2.75) is 0 Å². The molecule has 0 aliphatic rings. The highest BCUT2D eigenvalue weighted by atomic mass is 15.3. The van der Waals surface area contributed by atoms with Gasteiger partial charge in [-0.3, -0.25) is 4.98 Å². The molecule has 0 aliphatic heterocycles. The minimum absolute atomic E-state index is 1.02. The summed E-state index contributed by atoms with van der Waals surface area (Å²) < 4.78 is 1.85. The summed E-state index contributed by atoms with van der Waals surface area (Å²) in [6, 6.07) is 14.1. The maximum absolute atomic E-state index is 4.35. The van der Waals surface area contributed by atoms with Crippen molar-refractivity contribution >= 4 is 0 Å². The van der Waals surface area contributed by atoms with Gasteiger partial charge in [-0.15, -0.1) is 0 Å². The lowest BCUT2D eigenvalue weighted by molar-refractivity contribution is 0.878. The quantitative estimate of drug-likeness (QED) is 0.666. The Bertz CT molecular complexity index is 546. The lowest BCUT2D eigenvalue weighted by atomic mass is 10.1. The first-order valence-corrected chi connectivity index (χ1v) is 5.44. The average Bonchev–Trinajstić information content (AvgIpc) is 2.90. The van der Waals surface area contributed by atoms with E-state index in [4.69, 9.17) is 0 Å². The Kier molecular flexibility index (Phi) is 2.43. The van der Waals surface area contributed by atoms with Gasteiger partial charge in [0.15, 0.2) is 0 Å². The highest BCUT2D eigenvalue weighted by Gasteiger charge is 2.02. The number of pyridine rings is 1. The normalized spacial score (nSPS) is 10.4. The molecule has 0 saturated carbocycles. The highest BCUT2D eigenvalue weighted by Crippen LogP contribution is 2.19. The van der Waals surface area contributed by atoms with E-state index in [1.54, 1.807) is 12.4 Å². The van der Waals surface area contributed by atoms with E-state index in [1.807, 2.05) is 47.4 Å². The van der Waals surface area contributed by atoms with Crippen LogP contribution in [0.3, 0.4) is 0 Å². The Morgan fingerprint density at radius 1 is 0.824 bits per heavy atom. The van der Waals surface area contributed by atoms with E-state index in [0.717, 1.165) is 11.3 Å². The number of aromatic nitrogens is 3. The van der Waals surface area contributed by atoms with Crippen LogP contribution in [-0.4, -0.2) is 14.8 Å². The standard InChI is InChI=1S/C14H11N3/c1-2-4-12(5-3-1)13-10-16-17(11-13)14-6-8-15-9-7-14/h1-11H. The number of benzene rings is 1. The molecule has 3 heteroatoms. The van der Waals surface area contributed by atoms with Crippen LogP contribution in [0.4, 0.5) is 0 Å². The molecule has 2 aromatic heterocycles. The second-order valence-corrected chi connectivity index (χ2v) is 3.75. The number of rotatable bonds is 2. The fraction of sp³-hybridized carbons (Fsp3) is 0. The van der Waals surface area contributed by atoms with Crippen molar-refractivity contribution in [2.24, 2.45) is 0 Å². The van der Waals surface area contributed by atoms with Crippen molar-refractivity contribution in [3.8, 4) is 16.8 Å². The largest absolute Gasteiger partial charge is 0.265 e. The van der Waals surface area contributed by atoms with Gasteiger partial charge in [0.25, 0.3) is 0 Å². The summed E-state index contributed by atoms with van der Waals surface area (Å²) in [6.45, 7) is 0. The van der Waals surface area contributed by atoms with Crippen molar-refractivity contribution in [1.29, 1.82) is 0 Å². The molecule has 17 heavy (non-hydrogen) atoms. The molecule has 0 radical (unpaired) electrons. The Morgan fingerprint density at radius 3 is 2.35 bits per heavy atom. The van der Waals surface area contributed by atoms with Gasteiger partial charge in [-0.2, -0.15) is 5.10 Å². The molecule has 3 nitrogen and oxygen atoms in total. The monoisotopic (exact) mass is 221 g/mol. The van der Waals surface area contributed by atoms with Crippen LogP contribution in [0.15, 0.2) is 67.3 Å². The Labute approximate surface area is 99.4 Å². The fourth-order valence-corrected chi connectivity index (χ4v) is 1.74. The SMILES string of the molecule is c1ccc(-c2cnn(-c3ccncc3)c2)cc1. The molecule has 0 amide bonds. The zero-order valence-electron chi connectivity index (χ0n) is 9.19. The van der Waals surface area contributed by atoms with Gasteiger partial charge in [0.2, 0.25) is 0 Å². The summed E-state index contributed by atoms with van der Waals surface area (Å²) >= 11 is 0. The van der Waals surface area contributed by atoms with E-state index in [-0.39, 0.29) is 0 Å². The number of nitrogens with zero attached hydrogens (tertiary/aromatic N) is 3. The Morgan fingerprint density at radius 2 is 1.59 bits per heavy atom. The second-order valence-electron chi connectivity index (χ2n) is 3.75. The van der Waals surface area contributed by atoms with E-state index in [2.05, 4.69) is 22.2 Å². The van der Waals surface area contributed by atoms with Gasteiger partial charge in [-0.05, 0) is 17.7 Å². The Balaban J connectivity index is 1.99. The minimum Gasteiger partial charge on any atom is -0.265 e. The predicted molar refractivity (Wildman–Crippen MR) is 66.8 cm³/mol. The molecule has 3 aromatic rings. The molecule has 2 heterocycles. The summed E-state index contributed by atoms with van der Waals surface area (Å²) in [7, 11) is 0. The third-order valence-electron chi connectivity index (χ3n) is 2.62. The zero-order chi connectivity index (χ0) is 11.5. The van der Waals surface area contributed by atoms with Crippen LogP contribution in [0.2, 0.25) is 0 Å². The molecule has 0 aliphatic carbocycles. The average molecular weight is 221 g/mol. The van der Waals surface area contributed by atoms with Crippen molar-refractivity contribution in [3.05, 3.63) is 67.3 Å². The third kappa shape index (κ3) is 1.95. The first-order chi connectivity index (χ1) is 8.43. The topological polar surface area (TPSA) is 30.7 Å². The first-order valence-electron chi connectivity index (χ1n) is 5.44. The zero-order valence-corrected chi connectivity index (χ0v) is 9.19. The van der Waals surface area contributed by atoms with E-state index < -0.39 is 0 Å². The molecule has 0 saturated heterocycles. The van der Waals surface area contributed by atoms with Gasteiger partial charge < -0.3 is 0 Å². The van der Waals surface area contributed by atoms with Gasteiger partial charge in [0, 0.05) is 24.2 Å². The lowest BCUT2D eigenvalue weighted by Gasteiger charge is -1.99. The van der Waals surface area contributed by atoms with Gasteiger partial charge in [0.1, 0.15) is 0 Å². The highest BCUT2D eigenvalue weighted by molar-refractivity contribution is 5.61. The summed E-state index contributed by atoms with van der Waals surface area (Å²) in [5.74, 6) is 0. The smallest absolute Gasteiger partial charge is 0.0676 e. The summed E-state index contributed by atoms with van der Waals surface area (Å²) in [6.07, 6.45) is 7.42. The third-order valence-corrected chi connectivity index (χ3v) is 2.62. The van der Waals surface area contributed by atoms with Crippen molar-refractivity contribution in [3.63, 3.8) is 0 Å². The summed E-state index contributed by atoms with van der Waals surface area (Å²) in [5, 5.41) is 4.35. The van der Waals surface area contributed by atoms with E-state index in [1.165, 1.54) is 5.56 Å². The molecule has 0 spiro atoms. The molecular weight excluding hydrogens is 210 g/mol. The first kappa shape index (κ1) is 9.78. The van der Waals surface area contributed by atoms with Crippen molar-refractivity contribution < 1.29 is 0 Å². The molecule has 0 fully saturated rings. The molecule has 0 unspecified atom stereocenters. The van der Waals surface area contributed by atoms with Crippen LogP contribution < -0.4 is 0 Å². The van der Waals surface area contributed by atoms with E-state index >= 15 is 0 Å². The van der Waals surface area contributed by atoms with Crippen LogP contribution in [0.1, 0.15) is 0 Å². The van der Waals surface area contributed by atoms with E-state index in [0.29, 0.717) is 0 Å². The second kappa shape index (κ2) is 4.22. The minimum atomic E-state index is 1.02. The Hall–Kier alpha value is -2.42. The molecular formula is C14H11N3. The van der Waals surface area contributed by atoms with Crippen molar-refractivity contribution in [1.82, 2.24) is 14.8 Å². The van der Waals surface area contributed by atoms with Crippen LogP contribution >= 0.6 is 0 Å². The maximum atomic E-state index is 4.35. The fourth-order valence-electron chi connectivity index (χ4n) is 1.74. The van der Waals surface area contributed by atoms with Gasteiger partial charge in [-0.25, -0.2) is 4.68 Å². The molecule has 1 aromatic carbocycles. The van der Waals surface area contributed by atoms with E-state index in [9.17, 15) is 0 Å². The molecule has 3 rings (SSSR count). The summed E-state index contributed by atoms with van der Waals surface area (Å²) in [5.41, 5.74) is 3.30. The van der Waals surface area contributed by atoms with Crippen LogP contribution in [-0.2, 0) is 0 Å². The number of hydrogen-bond donors (Lipinski definition) is 0. The van der Waals surface area contributed by atoms with Gasteiger partial charge in [-0.1, -0.05) is 30.3 Å².